The van der Waals surface area contributed by atoms with Gasteiger partial charge in [-0.15, -0.1) is 0 Å². The zero-order valence-corrected chi connectivity index (χ0v) is 36.3. The number of carbonyl (C=O) groups excluding carboxylic acids is 1. The van der Waals surface area contributed by atoms with Crippen LogP contribution in [0.1, 0.15) is 194 Å². The molecule has 0 aromatic carbocycles. The van der Waals surface area contributed by atoms with E-state index in [1.807, 2.05) is 6.08 Å². The van der Waals surface area contributed by atoms with Crippen molar-refractivity contribution in [1.82, 2.24) is 5.32 Å². The summed E-state index contributed by atoms with van der Waals surface area (Å²) >= 11 is 0. The molecule has 57 heavy (non-hydrogen) atoms. The van der Waals surface area contributed by atoms with E-state index in [0.29, 0.717) is 6.42 Å². The highest BCUT2D eigenvalue weighted by atomic mass is 16.7. The normalized spacial score (nSPS) is 21.4. The third-order valence-corrected chi connectivity index (χ3v) is 10.9. The van der Waals surface area contributed by atoms with E-state index in [2.05, 4.69) is 55.6 Å². The van der Waals surface area contributed by atoms with E-state index in [1.54, 1.807) is 6.08 Å². The monoisotopic (exact) mass is 806 g/mol. The van der Waals surface area contributed by atoms with Crippen LogP contribution in [-0.2, 0) is 14.3 Å². The quantitative estimate of drug-likeness (QED) is 0.0267. The van der Waals surface area contributed by atoms with Crippen LogP contribution in [0.25, 0.3) is 0 Å². The number of hydrogen-bond donors (Lipinski definition) is 6. The molecule has 1 rings (SSSR count). The number of aliphatic hydroxyl groups is 5. The summed E-state index contributed by atoms with van der Waals surface area (Å²) in [5.41, 5.74) is 0. The predicted molar refractivity (Wildman–Crippen MR) is 235 cm³/mol. The Labute approximate surface area is 348 Å². The fourth-order valence-corrected chi connectivity index (χ4v) is 7.08. The van der Waals surface area contributed by atoms with Gasteiger partial charge in [-0.3, -0.25) is 4.79 Å². The Hall–Kier alpha value is -1.85. The molecule has 0 aromatic rings. The van der Waals surface area contributed by atoms with Gasteiger partial charge in [-0.25, -0.2) is 0 Å². The molecule has 9 nitrogen and oxygen atoms in total. The van der Waals surface area contributed by atoms with Crippen molar-refractivity contribution in [2.24, 2.45) is 0 Å². The number of rotatable bonds is 38. The van der Waals surface area contributed by atoms with Crippen LogP contribution in [0.4, 0.5) is 0 Å². The third-order valence-electron chi connectivity index (χ3n) is 10.9. The molecule has 0 radical (unpaired) electrons. The maximum absolute atomic E-state index is 12.9. The Balaban J connectivity index is 2.39. The van der Waals surface area contributed by atoms with Crippen LogP contribution < -0.4 is 5.32 Å². The van der Waals surface area contributed by atoms with E-state index in [9.17, 15) is 30.3 Å². The summed E-state index contributed by atoms with van der Waals surface area (Å²) in [7, 11) is 0. The zero-order valence-electron chi connectivity index (χ0n) is 36.3. The number of aliphatic hydroxyl groups excluding tert-OH is 5. The minimum Gasteiger partial charge on any atom is -0.394 e. The lowest BCUT2D eigenvalue weighted by Gasteiger charge is -2.40. The first kappa shape index (κ1) is 53.2. The van der Waals surface area contributed by atoms with Gasteiger partial charge in [0.25, 0.3) is 0 Å². The highest BCUT2D eigenvalue weighted by Gasteiger charge is 2.44. The highest BCUT2D eigenvalue weighted by molar-refractivity contribution is 5.76. The van der Waals surface area contributed by atoms with Crippen LogP contribution in [0.15, 0.2) is 48.6 Å². The summed E-state index contributed by atoms with van der Waals surface area (Å²) in [5, 5.41) is 54.2. The SMILES string of the molecule is CCCCC/C=C\C/C=C\CCCCCCCC(=O)NC(COC1OC(CO)C(O)C(O)C1O)C(O)/C=C/CC/C=C/CCCCCCCCCCCCCCC. The standard InChI is InChI=1S/C48H87NO8/c1-3-5-7-9-11-13-15-17-19-20-21-22-24-25-27-29-31-33-35-37-42(51)41(40-56-48-47(55)46(54)45(53)43(39-50)57-48)49-44(52)38-36-34-32-30-28-26-23-18-16-14-12-10-8-6-4-2/h12,14,18,23,27,29,35,37,41-43,45-48,50-51,53-55H,3-11,13,15-17,19-22,24-26,28,30-34,36,38-40H2,1-2H3,(H,49,52)/b14-12-,23-18-,29-27+,37-35+. The van der Waals surface area contributed by atoms with Crippen LogP contribution in [0, 0.1) is 0 Å². The molecule has 0 aromatic heterocycles. The van der Waals surface area contributed by atoms with Crippen LogP contribution in [0.3, 0.4) is 0 Å². The van der Waals surface area contributed by atoms with Crippen molar-refractivity contribution in [1.29, 1.82) is 0 Å². The number of carbonyl (C=O) groups is 1. The van der Waals surface area contributed by atoms with Crippen molar-refractivity contribution in [3.63, 3.8) is 0 Å². The molecule has 1 aliphatic heterocycles. The number of allylic oxidation sites excluding steroid dienone is 7. The lowest BCUT2D eigenvalue weighted by Crippen LogP contribution is -2.60. The van der Waals surface area contributed by atoms with Gasteiger partial charge in [-0.2, -0.15) is 0 Å². The molecule has 1 heterocycles. The molecule has 1 saturated heterocycles. The van der Waals surface area contributed by atoms with Gasteiger partial charge in [-0.1, -0.05) is 172 Å². The van der Waals surface area contributed by atoms with Crippen molar-refractivity contribution >= 4 is 5.91 Å². The number of unbranched alkanes of at least 4 members (excludes halogenated alkanes) is 22. The summed E-state index contributed by atoms with van der Waals surface area (Å²) in [6.45, 7) is 3.72. The van der Waals surface area contributed by atoms with Gasteiger partial charge in [0, 0.05) is 6.42 Å². The largest absolute Gasteiger partial charge is 0.394 e. The molecule has 7 atom stereocenters. The van der Waals surface area contributed by atoms with E-state index in [4.69, 9.17) is 9.47 Å². The molecular weight excluding hydrogens is 719 g/mol. The van der Waals surface area contributed by atoms with Crippen molar-refractivity contribution in [3.05, 3.63) is 48.6 Å². The molecule has 332 valence electrons. The van der Waals surface area contributed by atoms with Gasteiger partial charge in [0.1, 0.15) is 24.4 Å². The lowest BCUT2D eigenvalue weighted by molar-refractivity contribution is -0.302. The number of ether oxygens (including phenoxy) is 2. The van der Waals surface area contributed by atoms with Crippen LogP contribution >= 0.6 is 0 Å². The molecule has 0 bridgehead atoms. The fraction of sp³-hybridized carbons (Fsp3) is 0.812. The molecular formula is C48H87NO8. The van der Waals surface area contributed by atoms with E-state index in [0.717, 1.165) is 64.2 Å². The molecule has 1 fully saturated rings. The molecule has 6 N–H and O–H groups in total. The maximum atomic E-state index is 12.9. The van der Waals surface area contributed by atoms with Crippen molar-refractivity contribution in [2.75, 3.05) is 13.2 Å². The average molecular weight is 806 g/mol. The summed E-state index contributed by atoms with van der Waals surface area (Å²) in [4.78, 5) is 12.9. The lowest BCUT2D eigenvalue weighted by atomic mass is 9.99. The predicted octanol–water partition coefficient (Wildman–Crippen LogP) is 9.84. The molecule has 0 saturated carbocycles. The number of nitrogens with one attached hydrogen (secondary N) is 1. The van der Waals surface area contributed by atoms with E-state index in [-0.39, 0.29) is 12.5 Å². The Bertz CT molecular complexity index is 1030. The second-order valence-electron chi connectivity index (χ2n) is 16.2. The Morgan fingerprint density at radius 2 is 1.05 bits per heavy atom. The summed E-state index contributed by atoms with van der Waals surface area (Å²) in [6.07, 6.45) is 41.5. The van der Waals surface area contributed by atoms with E-state index >= 15 is 0 Å². The topological polar surface area (TPSA) is 149 Å². The number of hydrogen-bond acceptors (Lipinski definition) is 8. The minimum atomic E-state index is -1.57. The molecule has 0 spiro atoms. The molecule has 0 aliphatic carbocycles. The Kier molecular flexibility index (Phi) is 35.8. The van der Waals surface area contributed by atoms with Gasteiger partial charge >= 0.3 is 0 Å². The first-order chi connectivity index (χ1) is 27.8. The zero-order chi connectivity index (χ0) is 41.6. The van der Waals surface area contributed by atoms with Crippen molar-refractivity contribution in [3.8, 4) is 0 Å². The first-order valence-electron chi connectivity index (χ1n) is 23.4. The van der Waals surface area contributed by atoms with Crippen LogP contribution in [0.2, 0.25) is 0 Å². The van der Waals surface area contributed by atoms with Gasteiger partial charge in [0.2, 0.25) is 5.91 Å². The summed E-state index contributed by atoms with van der Waals surface area (Å²) < 4.78 is 11.2. The van der Waals surface area contributed by atoms with Gasteiger partial charge < -0.3 is 40.3 Å². The van der Waals surface area contributed by atoms with Gasteiger partial charge in [-0.05, 0) is 64.2 Å². The first-order valence-corrected chi connectivity index (χ1v) is 23.4. The van der Waals surface area contributed by atoms with E-state index < -0.39 is 49.5 Å². The van der Waals surface area contributed by atoms with Crippen LogP contribution in [-0.4, -0.2) is 87.5 Å². The average Bonchev–Trinajstić information content (AvgIpc) is 3.21. The van der Waals surface area contributed by atoms with Crippen LogP contribution in [0.5, 0.6) is 0 Å². The summed E-state index contributed by atoms with van der Waals surface area (Å²) in [5.74, 6) is -0.202. The second kappa shape index (κ2) is 38.4. The molecule has 1 amide bonds. The smallest absolute Gasteiger partial charge is 0.220 e. The minimum absolute atomic E-state index is 0.202. The maximum Gasteiger partial charge on any atom is 0.220 e. The summed E-state index contributed by atoms with van der Waals surface area (Å²) in [6, 6.07) is -0.829. The number of amides is 1. The fourth-order valence-electron chi connectivity index (χ4n) is 7.08. The van der Waals surface area contributed by atoms with Gasteiger partial charge in [0.05, 0.1) is 25.4 Å². The molecule has 1 aliphatic rings. The Morgan fingerprint density at radius 1 is 0.596 bits per heavy atom. The molecule has 9 heteroatoms. The van der Waals surface area contributed by atoms with Gasteiger partial charge in [0.15, 0.2) is 6.29 Å². The van der Waals surface area contributed by atoms with E-state index in [1.165, 1.54) is 109 Å². The van der Waals surface area contributed by atoms with Crippen molar-refractivity contribution < 1.29 is 39.8 Å². The third kappa shape index (κ3) is 29.1. The second-order valence-corrected chi connectivity index (χ2v) is 16.2. The molecule has 7 unspecified atom stereocenters. The van der Waals surface area contributed by atoms with Crippen molar-refractivity contribution in [2.45, 2.75) is 236 Å². The highest BCUT2D eigenvalue weighted by Crippen LogP contribution is 2.22. The Morgan fingerprint density at radius 3 is 1.61 bits per heavy atom.